The summed E-state index contributed by atoms with van der Waals surface area (Å²) in [5.41, 5.74) is 2.78. The summed E-state index contributed by atoms with van der Waals surface area (Å²) in [4.78, 5) is 0. The third kappa shape index (κ3) is 3.46. The minimum Gasteiger partial charge on any atom is -0.377 e. The standard InChI is InChI=1S/C17H24O/c1-3-14-5-9-16(10-6-14)17-11-7-15(8-12-17)13-18-4-2/h3,7-8,11-12,14,16H,1,4-6,9-10,13H2,2H3/t14-,16-. The van der Waals surface area contributed by atoms with Crippen molar-refractivity contribution in [2.24, 2.45) is 5.92 Å². The Morgan fingerprint density at radius 2 is 1.83 bits per heavy atom. The van der Waals surface area contributed by atoms with Gasteiger partial charge in [-0.3, -0.25) is 0 Å². The summed E-state index contributed by atoms with van der Waals surface area (Å²) in [6.07, 6.45) is 7.34. The van der Waals surface area contributed by atoms with E-state index >= 15 is 0 Å². The van der Waals surface area contributed by atoms with E-state index in [4.69, 9.17) is 4.74 Å². The molecule has 0 N–H and O–H groups in total. The van der Waals surface area contributed by atoms with Crippen LogP contribution in [-0.4, -0.2) is 6.61 Å². The molecule has 1 aromatic rings. The van der Waals surface area contributed by atoms with Gasteiger partial charge >= 0.3 is 0 Å². The Hall–Kier alpha value is -1.08. The summed E-state index contributed by atoms with van der Waals surface area (Å²) in [6, 6.07) is 9.00. The van der Waals surface area contributed by atoms with Crippen molar-refractivity contribution in [3.8, 4) is 0 Å². The monoisotopic (exact) mass is 244 g/mol. The fraction of sp³-hybridized carbons (Fsp3) is 0.529. The SMILES string of the molecule is C=C[C@H]1CC[C@H](c2ccc(COCC)cc2)CC1. The zero-order chi connectivity index (χ0) is 12.8. The minimum atomic E-state index is 0.736. The van der Waals surface area contributed by atoms with E-state index in [9.17, 15) is 0 Å². The molecule has 0 aromatic heterocycles. The van der Waals surface area contributed by atoms with Crippen molar-refractivity contribution < 1.29 is 4.74 Å². The summed E-state index contributed by atoms with van der Waals surface area (Å²) >= 11 is 0. The van der Waals surface area contributed by atoms with Gasteiger partial charge < -0.3 is 4.74 Å². The van der Waals surface area contributed by atoms with Crippen molar-refractivity contribution in [3.05, 3.63) is 48.0 Å². The zero-order valence-electron chi connectivity index (χ0n) is 11.4. The Morgan fingerprint density at radius 3 is 2.39 bits per heavy atom. The lowest BCUT2D eigenvalue weighted by atomic mass is 9.79. The maximum absolute atomic E-state index is 5.42. The minimum absolute atomic E-state index is 0.736. The molecule has 18 heavy (non-hydrogen) atoms. The van der Waals surface area contributed by atoms with Gasteiger partial charge in [0, 0.05) is 6.61 Å². The molecular formula is C17H24O. The van der Waals surface area contributed by atoms with Gasteiger partial charge in [-0.15, -0.1) is 6.58 Å². The Bertz CT molecular complexity index is 358. The second-order valence-corrected chi connectivity index (χ2v) is 5.23. The summed E-state index contributed by atoms with van der Waals surface area (Å²) in [5.74, 6) is 1.50. The van der Waals surface area contributed by atoms with Crippen LogP contribution in [0.5, 0.6) is 0 Å². The first kappa shape index (κ1) is 13.4. The molecule has 0 atom stereocenters. The number of ether oxygens (including phenoxy) is 1. The van der Waals surface area contributed by atoms with E-state index in [2.05, 4.69) is 36.9 Å². The summed E-state index contributed by atoms with van der Waals surface area (Å²) in [7, 11) is 0. The van der Waals surface area contributed by atoms with Crippen molar-refractivity contribution in [3.63, 3.8) is 0 Å². The van der Waals surface area contributed by atoms with E-state index in [1.54, 1.807) is 0 Å². The number of hydrogen-bond acceptors (Lipinski definition) is 1. The fourth-order valence-corrected chi connectivity index (χ4v) is 2.79. The second kappa shape index (κ2) is 6.75. The van der Waals surface area contributed by atoms with Crippen LogP contribution in [0.3, 0.4) is 0 Å². The Labute approximate surface area is 111 Å². The quantitative estimate of drug-likeness (QED) is 0.683. The van der Waals surface area contributed by atoms with Gasteiger partial charge in [0.15, 0.2) is 0 Å². The van der Waals surface area contributed by atoms with Crippen LogP contribution in [0, 0.1) is 5.92 Å². The van der Waals surface area contributed by atoms with Gasteiger partial charge in [-0.2, -0.15) is 0 Å². The van der Waals surface area contributed by atoms with Gasteiger partial charge in [0.1, 0.15) is 0 Å². The number of rotatable bonds is 5. The molecule has 0 bridgehead atoms. The molecule has 1 fully saturated rings. The maximum atomic E-state index is 5.42. The summed E-state index contributed by atoms with van der Waals surface area (Å²) < 4.78 is 5.42. The van der Waals surface area contributed by atoms with E-state index in [1.807, 2.05) is 6.92 Å². The summed E-state index contributed by atoms with van der Waals surface area (Å²) in [5, 5.41) is 0. The molecule has 0 unspecified atom stereocenters. The molecular weight excluding hydrogens is 220 g/mol. The van der Waals surface area contributed by atoms with Gasteiger partial charge in [0.2, 0.25) is 0 Å². The highest BCUT2D eigenvalue weighted by molar-refractivity contribution is 5.25. The lowest BCUT2D eigenvalue weighted by Gasteiger charge is -2.27. The molecule has 0 saturated heterocycles. The van der Waals surface area contributed by atoms with Crippen LogP contribution in [0.1, 0.15) is 49.7 Å². The van der Waals surface area contributed by atoms with Gasteiger partial charge in [-0.05, 0) is 55.6 Å². The molecule has 1 aliphatic rings. The van der Waals surface area contributed by atoms with E-state index in [0.717, 1.165) is 25.0 Å². The van der Waals surface area contributed by atoms with Crippen LogP contribution in [0.15, 0.2) is 36.9 Å². The molecule has 0 radical (unpaired) electrons. The van der Waals surface area contributed by atoms with Gasteiger partial charge in [0.05, 0.1) is 6.61 Å². The van der Waals surface area contributed by atoms with Crippen molar-refractivity contribution in [2.75, 3.05) is 6.61 Å². The van der Waals surface area contributed by atoms with Crippen molar-refractivity contribution in [2.45, 2.75) is 45.1 Å². The van der Waals surface area contributed by atoms with E-state index in [-0.39, 0.29) is 0 Å². The van der Waals surface area contributed by atoms with Crippen molar-refractivity contribution in [1.29, 1.82) is 0 Å². The highest BCUT2D eigenvalue weighted by atomic mass is 16.5. The predicted octanol–water partition coefficient (Wildman–Crippen LogP) is 4.68. The second-order valence-electron chi connectivity index (χ2n) is 5.23. The number of benzene rings is 1. The normalized spacial score (nSPS) is 23.8. The first-order chi connectivity index (χ1) is 8.83. The molecule has 98 valence electrons. The molecule has 1 nitrogen and oxygen atoms in total. The predicted molar refractivity (Wildman–Crippen MR) is 76.7 cm³/mol. The lowest BCUT2D eigenvalue weighted by molar-refractivity contribution is 0.134. The van der Waals surface area contributed by atoms with Gasteiger partial charge in [0.25, 0.3) is 0 Å². The summed E-state index contributed by atoms with van der Waals surface area (Å²) in [6.45, 7) is 7.46. The molecule has 0 heterocycles. The third-order valence-corrected chi connectivity index (χ3v) is 4.03. The molecule has 0 amide bonds. The topological polar surface area (TPSA) is 9.23 Å². The Kier molecular flexibility index (Phi) is 5.00. The first-order valence-corrected chi connectivity index (χ1v) is 7.12. The third-order valence-electron chi connectivity index (χ3n) is 4.03. The molecule has 2 rings (SSSR count). The maximum Gasteiger partial charge on any atom is 0.0716 e. The van der Waals surface area contributed by atoms with E-state index in [0.29, 0.717) is 0 Å². The van der Waals surface area contributed by atoms with Crippen LogP contribution in [0.25, 0.3) is 0 Å². The average Bonchev–Trinajstić information content (AvgIpc) is 2.46. The first-order valence-electron chi connectivity index (χ1n) is 7.12. The van der Waals surface area contributed by atoms with Crippen LogP contribution < -0.4 is 0 Å². The van der Waals surface area contributed by atoms with Crippen LogP contribution >= 0.6 is 0 Å². The Balaban J connectivity index is 1.91. The zero-order valence-corrected chi connectivity index (χ0v) is 11.4. The van der Waals surface area contributed by atoms with Crippen molar-refractivity contribution in [1.82, 2.24) is 0 Å². The van der Waals surface area contributed by atoms with Crippen molar-refractivity contribution >= 4 is 0 Å². The number of hydrogen-bond donors (Lipinski definition) is 0. The van der Waals surface area contributed by atoms with E-state index in [1.165, 1.54) is 36.8 Å². The Morgan fingerprint density at radius 1 is 1.17 bits per heavy atom. The van der Waals surface area contributed by atoms with Crippen LogP contribution in [0.4, 0.5) is 0 Å². The van der Waals surface area contributed by atoms with E-state index < -0.39 is 0 Å². The van der Waals surface area contributed by atoms with Gasteiger partial charge in [-0.1, -0.05) is 30.3 Å². The molecule has 0 aliphatic heterocycles. The highest BCUT2D eigenvalue weighted by Gasteiger charge is 2.20. The molecule has 1 aromatic carbocycles. The van der Waals surface area contributed by atoms with Crippen LogP contribution in [0.2, 0.25) is 0 Å². The smallest absolute Gasteiger partial charge is 0.0716 e. The molecule has 1 aliphatic carbocycles. The fourth-order valence-electron chi connectivity index (χ4n) is 2.79. The van der Waals surface area contributed by atoms with Crippen LogP contribution in [-0.2, 0) is 11.3 Å². The lowest BCUT2D eigenvalue weighted by Crippen LogP contribution is -2.11. The average molecular weight is 244 g/mol. The largest absolute Gasteiger partial charge is 0.377 e. The molecule has 1 heteroatoms. The highest BCUT2D eigenvalue weighted by Crippen LogP contribution is 2.36. The molecule has 0 spiro atoms. The van der Waals surface area contributed by atoms with Gasteiger partial charge in [-0.25, -0.2) is 0 Å². The molecule has 1 saturated carbocycles. The number of allylic oxidation sites excluding steroid dienone is 1.